The summed E-state index contributed by atoms with van der Waals surface area (Å²) < 4.78 is 0. The van der Waals surface area contributed by atoms with Crippen LogP contribution < -0.4 is 5.73 Å². The maximum Gasteiger partial charge on any atom is 0.0112 e. The van der Waals surface area contributed by atoms with E-state index in [1.807, 2.05) is 0 Å². The van der Waals surface area contributed by atoms with E-state index in [1.165, 1.54) is 25.9 Å². The third-order valence-corrected chi connectivity index (χ3v) is 3.42. The molecule has 1 aliphatic heterocycles. The van der Waals surface area contributed by atoms with Crippen LogP contribution in [0.1, 0.15) is 19.8 Å². The summed E-state index contributed by atoms with van der Waals surface area (Å²) in [7, 11) is 4.27. The number of rotatable bonds is 4. The van der Waals surface area contributed by atoms with Crippen LogP contribution in [0.2, 0.25) is 0 Å². The van der Waals surface area contributed by atoms with Crippen molar-refractivity contribution >= 4 is 0 Å². The van der Waals surface area contributed by atoms with E-state index < -0.39 is 0 Å². The summed E-state index contributed by atoms with van der Waals surface area (Å²) in [5.41, 5.74) is 5.77. The molecule has 0 spiro atoms. The first-order valence-corrected chi connectivity index (χ1v) is 5.74. The Morgan fingerprint density at radius 2 is 2.14 bits per heavy atom. The van der Waals surface area contributed by atoms with Crippen molar-refractivity contribution in [3.63, 3.8) is 0 Å². The van der Waals surface area contributed by atoms with Gasteiger partial charge in [0.05, 0.1) is 0 Å². The van der Waals surface area contributed by atoms with Gasteiger partial charge >= 0.3 is 0 Å². The van der Waals surface area contributed by atoms with Crippen LogP contribution >= 0.6 is 0 Å². The van der Waals surface area contributed by atoms with Crippen molar-refractivity contribution in [1.82, 2.24) is 9.80 Å². The standard InChI is InChI=1S/C11H25N3/c1-10-11(9-12)5-4-6-14(10)8-7-13(2)3/h10-11H,4-9,12H2,1-3H3/t10-,11-/m1/s1. The number of hydrogen-bond acceptors (Lipinski definition) is 3. The van der Waals surface area contributed by atoms with Crippen LogP contribution in [0.5, 0.6) is 0 Å². The minimum absolute atomic E-state index is 0.675. The van der Waals surface area contributed by atoms with Crippen LogP contribution in [-0.4, -0.2) is 56.1 Å². The second kappa shape index (κ2) is 5.69. The summed E-state index contributed by atoms with van der Waals surface area (Å²) in [6.07, 6.45) is 2.63. The fourth-order valence-corrected chi connectivity index (χ4v) is 2.26. The van der Waals surface area contributed by atoms with E-state index in [0.717, 1.165) is 13.1 Å². The van der Waals surface area contributed by atoms with E-state index in [4.69, 9.17) is 5.73 Å². The number of piperidine rings is 1. The Hall–Kier alpha value is -0.120. The van der Waals surface area contributed by atoms with Gasteiger partial charge in [0.2, 0.25) is 0 Å². The van der Waals surface area contributed by atoms with Gasteiger partial charge in [0, 0.05) is 19.1 Å². The Kier molecular flexibility index (Phi) is 4.85. The largest absolute Gasteiger partial charge is 0.330 e. The fourth-order valence-electron chi connectivity index (χ4n) is 2.26. The van der Waals surface area contributed by atoms with Gasteiger partial charge in [0.1, 0.15) is 0 Å². The average molecular weight is 199 g/mol. The number of likely N-dealkylation sites (tertiary alicyclic amines) is 1. The van der Waals surface area contributed by atoms with Crippen LogP contribution in [0.25, 0.3) is 0 Å². The molecule has 1 aliphatic rings. The monoisotopic (exact) mass is 199 g/mol. The first-order chi connectivity index (χ1) is 6.65. The van der Waals surface area contributed by atoms with Gasteiger partial charge in [-0.3, -0.25) is 4.90 Å². The quantitative estimate of drug-likeness (QED) is 0.720. The van der Waals surface area contributed by atoms with Gasteiger partial charge in [-0.1, -0.05) is 0 Å². The van der Waals surface area contributed by atoms with Gasteiger partial charge in [-0.05, 0) is 52.9 Å². The highest BCUT2D eigenvalue weighted by Gasteiger charge is 2.26. The van der Waals surface area contributed by atoms with E-state index in [-0.39, 0.29) is 0 Å². The molecule has 2 N–H and O–H groups in total. The third-order valence-electron chi connectivity index (χ3n) is 3.42. The second-order valence-electron chi connectivity index (χ2n) is 4.72. The van der Waals surface area contributed by atoms with Gasteiger partial charge in [-0.2, -0.15) is 0 Å². The summed E-state index contributed by atoms with van der Waals surface area (Å²) in [5, 5.41) is 0. The third kappa shape index (κ3) is 3.23. The molecule has 3 heteroatoms. The summed E-state index contributed by atoms with van der Waals surface area (Å²) in [6.45, 7) is 6.77. The molecule has 1 rings (SSSR count). The number of nitrogens with two attached hydrogens (primary N) is 1. The highest BCUT2D eigenvalue weighted by atomic mass is 15.2. The lowest BCUT2D eigenvalue weighted by Crippen LogP contribution is -2.47. The molecule has 0 aromatic rings. The van der Waals surface area contributed by atoms with Crippen LogP contribution in [0.3, 0.4) is 0 Å². The topological polar surface area (TPSA) is 32.5 Å². The van der Waals surface area contributed by atoms with E-state index in [9.17, 15) is 0 Å². The molecule has 3 nitrogen and oxygen atoms in total. The van der Waals surface area contributed by atoms with E-state index in [2.05, 4.69) is 30.8 Å². The van der Waals surface area contributed by atoms with Crippen molar-refractivity contribution in [1.29, 1.82) is 0 Å². The molecule has 1 heterocycles. The molecule has 0 bridgehead atoms. The van der Waals surface area contributed by atoms with Crippen molar-refractivity contribution in [2.75, 3.05) is 40.3 Å². The molecule has 0 saturated carbocycles. The predicted molar refractivity (Wildman–Crippen MR) is 61.4 cm³/mol. The molecule has 0 aromatic heterocycles. The van der Waals surface area contributed by atoms with Gasteiger partial charge in [0.15, 0.2) is 0 Å². The lowest BCUT2D eigenvalue weighted by Gasteiger charge is -2.39. The van der Waals surface area contributed by atoms with Gasteiger partial charge in [0.25, 0.3) is 0 Å². The molecule has 0 amide bonds. The minimum Gasteiger partial charge on any atom is -0.330 e. The van der Waals surface area contributed by atoms with E-state index in [1.54, 1.807) is 0 Å². The minimum atomic E-state index is 0.675. The second-order valence-corrected chi connectivity index (χ2v) is 4.72. The van der Waals surface area contributed by atoms with Crippen molar-refractivity contribution < 1.29 is 0 Å². The smallest absolute Gasteiger partial charge is 0.0112 e. The highest BCUT2D eigenvalue weighted by Crippen LogP contribution is 2.21. The van der Waals surface area contributed by atoms with E-state index >= 15 is 0 Å². The van der Waals surface area contributed by atoms with Crippen molar-refractivity contribution in [3.05, 3.63) is 0 Å². The van der Waals surface area contributed by atoms with E-state index in [0.29, 0.717) is 12.0 Å². The predicted octanol–water partition coefficient (Wildman–Crippen LogP) is 0.607. The summed E-state index contributed by atoms with van der Waals surface area (Å²) in [4.78, 5) is 4.83. The number of hydrogen-bond donors (Lipinski definition) is 1. The zero-order valence-corrected chi connectivity index (χ0v) is 9.87. The summed E-state index contributed by atoms with van der Waals surface area (Å²) >= 11 is 0. The lowest BCUT2D eigenvalue weighted by molar-refractivity contribution is 0.101. The summed E-state index contributed by atoms with van der Waals surface area (Å²) in [5.74, 6) is 0.714. The molecular formula is C11H25N3. The van der Waals surface area contributed by atoms with Crippen LogP contribution in [0.4, 0.5) is 0 Å². The lowest BCUT2D eigenvalue weighted by atomic mass is 9.90. The first-order valence-electron chi connectivity index (χ1n) is 5.74. The average Bonchev–Trinajstić information content (AvgIpc) is 2.16. The molecule has 1 saturated heterocycles. The first kappa shape index (κ1) is 12.0. The van der Waals surface area contributed by atoms with Crippen LogP contribution in [-0.2, 0) is 0 Å². The van der Waals surface area contributed by atoms with Gasteiger partial charge in [-0.15, -0.1) is 0 Å². The number of nitrogens with zero attached hydrogens (tertiary/aromatic N) is 2. The molecule has 14 heavy (non-hydrogen) atoms. The molecule has 1 fully saturated rings. The Balaban J connectivity index is 2.35. The highest BCUT2D eigenvalue weighted by molar-refractivity contribution is 4.81. The van der Waals surface area contributed by atoms with Crippen molar-refractivity contribution in [2.24, 2.45) is 11.7 Å². The maximum atomic E-state index is 5.77. The zero-order valence-electron chi connectivity index (χ0n) is 9.87. The molecule has 0 aromatic carbocycles. The van der Waals surface area contributed by atoms with Gasteiger partial charge < -0.3 is 10.6 Å². The van der Waals surface area contributed by atoms with Crippen LogP contribution in [0, 0.1) is 5.92 Å². The van der Waals surface area contributed by atoms with Crippen LogP contribution in [0.15, 0.2) is 0 Å². The van der Waals surface area contributed by atoms with Crippen molar-refractivity contribution in [3.8, 4) is 0 Å². The SMILES string of the molecule is C[C@@H]1[C@@H](CN)CCCN1CCN(C)C. The van der Waals surface area contributed by atoms with Crippen molar-refractivity contribution in [2.45, 2.75) is 25.8 Å². The van der Waals surface area contributed by atoms with Gasteiger partial charge in [-0.25, -0.2) is 0 Å². The Labute approximate surface area is 88.2 Å². The normalized spacial score (nSPS) is 29.8. The fraction of sp³-hybridized carbons (Fsp3) is 1.00. The summed E-state index contributed by atoms with van der Waals surface area (Å²) in [6, 6.07) is 0.675. The molecule has 0 aliphatic carbocycles. The number of likely N-dealkylation sites (N-methyl/N-ethyl adjacent to an activating group) is 1. The molecular weight excluding hydrogens is 174 g/mol. The Morgan fingerprint density at radius 1 is 1.43 bits per heavy atom. The molecule has 84 valence electrons. The Bertz CT molecular complexity index is 159. The maximum absolute atomic E-state index is 5.77. The molecule has 2 atom stereocenters. The molecule has 0 unspecified atom stereocenters. The molecule has 0 radical (unpaired) electrons. The Morgan fingerprint density at radius 3 is 2.71 bits per heavy atom. The zero-order chi connectivity index (χ0) is 10.6.